The third kappa shape index (κ3) is 3.97. The second-order valence-corrected chi connectivity index (χ2v) is 6.00. The normalized spacial score (nSPS) is 17.5. The van der Waals surface area contributed by atoms with Crippen molar-refractivity contribution in [1.82, 2.24) is 10.0 Å². The van der Waals surface area contributed by atoms with Crippen molar-refractivity contribution in [2.75, 3.05) is 19.3 Å². The molecule has 3 N–H and O–H groups in total. The molecule has 0 aromatic rings. The number of carbonyl (C=O) groups is 2. The van der Waals surface area contributed by atoms with Crippen molar-refractivity contribution in [2.45, 2.75) is 19.3 Å². The molecule has 0 heterocycles. The van der Waals surface area contributed by atoms with E-state index >= 15 is 0 Å². The van der Waals surface area contributed by atoms with Crippen molar-refractivity contribution in [2.24, 2.45) is 5.41 Å². The molecule has 0 atom stereocenters. The number of carbonyl (C=O) groups excluding carboxylic acids is 1. The van der Waals surface area contributed by atoms with Gasteiger partial charge >= 0.3 is 5.97 Å². The third-order valence-electron chi connectivity index (χ3n) is 2.60. The maximum absolute atomic E-state index is 11.5. The predicted molar refractivity (Wildman–Crippen MR) is 59.8 cm³/mol. The molecule has 0 aliphatic heterocycles. The first-order valence-electron chi connectivity index (χ1n) is 5.24. The van der Waals surface area contributed by atoms with Crippen molar-refractivity contribution >= 4 is 21.9 Å². The van der Waals surface area contributed by atoms with Crippen LogP contribution in [0.15, 0.2) is 0 Å². The number of hydrogen-bond acceptors (Lipinski definition) is 4. The van der Waals surface area contributed by atoms with Gasteiger partial charge in [0.15, 0.2) is 0 Å². The second kappa shape index (κ2) is 5.01. The minimum atomic E-state index is -3.21. The van der Waals surface area contributed by atoms with Gasteiger partial charge in [-0.1, -0.05) is 0 Å². The molecule has 17 heavy (non-hydrogen) atoms. The van der Waals surface area contributed by atoms with E-state index in [1.165, 1.54) is 0 Å². The first-order chi connectivity index (χ1) is 7.78. The number of aliphatic carboxylic acids is 1. The SMILES string of the molecule is CS(=O)(=O)NCCCNC(=O)C1(C(=O)O)CC1. The van der Waals surface area contributed by atoms with Gasteiger partial charge in [-0.3, -0.25) is 9.59 Å². The van der Waals surface area contributed by atoms with E-state index in [4.69, 9.17) is 5.11 Å². The van der Waals surface area contributed by atoms with E-state index in [-0.39, 0.29) is 13.1 Å². The highest BCUT2D eigenvalue weighted by Gasteiger charge is 2.56. The molecule has 0 spiro atoms. The van der Waals surface area contributed by atoms with Gasteiger partial charge in [0.2, 0.25) is 15.9 Å². The van der Waals surface area contributed by atoms with Gasteiger partial charge in [0.25, 0.3) is 0 Å². The van der Waals surface area contributed by atoms with Gasteiger partial charge < -0.3 is 10.4 Å². The van der Waals surface area contributed by atoms with Crippen LogP contribution < -0.4 is 10.0 Å². The van der Waals surface area contributed by atoms with Crippen LogP contribution in [0.25, 0.3) is 0 Å². The highest BCUT2D eigenvalue weighted by molar-refractivity contribution is 7.88. The Morgan fingerprint density at radius 2 is 1.88 bits per heavy atom. The summed E-state index contributed by atoms with van der Waals surface area (Å²) in [6.45, 7) is 0.482. The maximum Gasteiger partial charge on any atom is 0.319 e. The summed E-state index contributed by atoms with van der Waals surface area (Å²) >= 11 is 0. The minimum absolute atomic E-state index is 0.221. The van der Waals surface area contributed by atoms with Crippen LogP contribution in [-0.4, -0.2) is 44.7 Å². The Morgan fingerprint density at radius 1 is 1.29 bits per heavy atom. The molecular weight excluding hydrogens is 248 g/mol. The van der Waals surface area contributed by atoms with E-state index in [1.54, 1.807) is 0 Å². The first-order valence-corrected chi connectivity index (χ1v) is 7.13. The molecule has 0 radical (unpaired) electrons. The summed E-state index contributed by atoms with van der Waals surface area (Å²) in [5.74, 6) is -1.58. The summed E-state index contributed by atoms with van der Waals surface area (Å²) in [7, 11) is -3.21. The zero-order valence-corrected chi connectivity index (χ0v) is 10.3. The molecular formula is C9H16N2O5S. The lowest BCUT2D eigenvalue weighted by atomic mass is 10.1. The molecule has 0 bridgehead atoms. The molecule has 0 unspecified atom stereocenters. The Bertz CT molecular complexity index is 413. The molecule has 0 aromatic carbocycles. The lowest BCUT2D eigenvalue weighted by molar-refractivity contribution is -0.149. The smallest absolute Gasteiger partial charge is 0.319 e. The Morgan fingerprint density at radius 3 is 2.29 bits per heavy atom. The van der Waals surface area contributed by atoms with Crippen LogP contribution in [0, 0.1) is 5.41 Å². The number of carboxylic acids is 1. The third-order valence-corrected chi connectivity index (χ3v) is 3.33. The lowest BCUT2D eigenvalue weighted by Crippen LogP contribution is -2.38. The summed E-state index contributed by atoms with van der Waals surface area (Å²) in [5, 5.41) is 11.3. The number of hydrogen-bond donors (Lipinski definition) is 3. The maximum atomic E-state index is 11.5. The zero-order valence-electron chi connectivity index (χ0n) is 9.52. The standard InChI is InChI=1S/C9H16N2O5S/c1-17(15,16)11-6-2-5-10-7(12)9(3-4-9)8(13)14/h11H,2-6H2,1H3,(H,10,12)(H,13,14). The molecule has 0 saturated heterocycles. The van der Waals surface area contributed by atoms with Gasteiger partial charge in [0, 0.05) is 13.1 Å². The quantitative estimate of drug-likeness (QED) is 0.399. The first kappa shape index (κ1) is 13.9. The van der Waals surface area contributed by atoms with Crippen LogP contribution >= 0.6 is 0 Å². The molecule has 0 aromatic heterocycles. The molecule has 1 saturated carbocycles. The Labute approximate surface area is 99.6 Å². The summed E-state index contributed by atoms with van der Waals surface area (Å²) in [4.78, 5) is 22.3. The average Bonchev–Trinajstić information content (AvgIpc) is 2.95. The Hall–Kier alpha value is -1.15. The van der Waals surface area contributed by atoms with E-state index in [0.29, 0.717) is 19.3 Å². The van der Waals surface area contributed by atoms with Crippen molar-refractivity contribution in [1.29, 1.82) is 0 Å². The zero-order chi connectivity index (χ0) is 13.1. The van der Waals surface area contributed by atoms with Crippen molar-refractivity contribution in [3.8, 4) is 0 Å². The molecule has 1 rings (SSSR count). The highest BCUT2D eigenvalue weighted by Crippen LogP contribution is 2.45. The number of rotatable bonds is 7. The molecule has 8 heteroatoms. The summed E-state index contributed by atoms with van der Waals surface area (Å²) in [5.41, 5.74) is -1.23. The molecule has 1 fully saturated rings. The van der Waals surface area contributed by atoms with Crippen molar-refractivity contribution < 1.29 is 23.1 Å². The van der Waals surface area contributed by atoms with Crippen molar-refractivity contribution in [3.63, 3.8) is 0 Å². The van der Waals surface area contributed by atoms with E-state index in [0.717, 1.165) is 6.26 Å². The number of sulfonamides is 1. The summed E-state index contributed by atoms with van der Waals surface area (Å²) < 4.78 is 23.7. The summed E-state index contributed by atoms with van der Waals surface area (Å²) in [6.07, 6.45) is 2.22. The van der Waals surface area contributed by atoms with Gasteiger partial charge in [-0.05, 0) is 19.3 Å². The lowest BCUT2D eigenvalue weighted by Gasteiger charge is -2.10. The van der Waals surface area contributed by atoms with Gasteiger partial charge in [-0.25, -0.2) is 13.1 Å². The predicted octanol–water partition coefficient (Wildman–Crippen LogP) is -1.09. The van der Waals surface area contributed by atoms with Gasteiger partial charge in [0.1, 0.15) is 5.41 Å². The number of nitrogens with one attached hydrogen (secondary N) is 2. The highest BCUT2D eigenvalue weighted by atomic mass is 32.2. The Kier molecular flexibility index (Phi) is 4.10. The molecule has 98 valence electrons. The van der Waals surface area contributed by atoms with Crippen LogP contribution in [0.1, 0.15) is 19.3 Å². The van der Waals surface area contributed by atoms with Crippen molar-refractivity contribution in [3.05, 3.63) is 0 Å². The van der Waals surface area contributed by atoms with E-state index < -0.39 is 27.3 Å². The summed E-state index contributed by atoms with van der Waals surface area (Å²) in [6, 6.07) is 0. The van der Waals surface area contributed by atoms with Gasteiger partial charge in [-0.2, -0.15) is 0 Å². The molecule has 1 aliphatic rings. The van der Waals surface area contributed by atoms with Crippen LogP contribution in [0.3, 0.4) is 0 Å². The fraction of sp³-hybridized carbons (Fsp3) is 0.778. The topological polar surface area (TPSA) is 113 Å². The number of carboxylic acid groups (broad SMARTS) is 1. The fourth-order valence-corrected chi connectivity index (χ4v) is 1.90. The molecule has 1 amide bonds. The van der Waals surface area contributed by atoms with Crippen LogP contribution in [-0.2, 0) is 19.6 Å². The Balaban J connectivity index is 2.20. The van der Waals surface area contributed by atoms with Crippen LogP contribution in [0.4, 0.5) is 0 Å². The minimum Gasteiger partial charge on any atom is -0.480 e. The van der Waals surface area contributed by atoms with Crippen LogP contribution in [0.2, 0.25) is 0 Å². The van der Waals surface area contributed by atoms with E-state index in [2.05, 4.69) is 10.0 Å². The fourth-order valence-electron chi connectivity index (χ4n) is 1.38. The number of amides is 1. The second-order valence-electron chi connectivity index (χ2n) is 4.16. The van der Waals surface area contributed by atoms with Gasteiger partial charge in [-0.15, -0.1) is 0 Å². The largest absolute Gasteiger partial charge is 0.480 e. The van der Waals surface area contributed by atoms with E-state index in [1.807, 2.05) is 0 Å². The molecule has 1 aliphatic carbocycles. The van der Waals surface area contributed by atoms with Crippen LogP contribution in [0.5, 0.6) is 0 Å². The average molecular weight is 264 g/mol. The monoisotopic (exact) mass is 264 g/mol. The van der Waals surface area contributed by atoms with Gasteiger partial charge in [0.05, 0.1) is 6.26 Å². The molecule has 7 nitrogen and oxygen atoms in total. The van der Waals surface area contributed by atoms with E-state index in [9.17, 15) is 18.0 Å².